The quantitative estimate of drug-likeness (QED) is 0.887. The van der Waals surface area contributed by atoms with E-state index in [-0.39, 0.29) is 11.8 Å². The zero-order valence-corrected chi connectivity index (χ0v) is 13.3. The third-order valence-corrected chi connectivity index (χ3v) is 4.11. The number of aromatic carboxylic acids is 1. The Bertz CT molecular complexity index is 721. The van der Waals surface area contributed by atoms with Crippen molar-refractivity contribution in [1.29, 1.82) is 0 Å². The van der Waals surface area contributed by atoms with E-state index in [1.807, 2.05) is 0 Å². The lowest BCUT2D eigenvalue weighted by Crippen LogP contribution is -2.12. The molecule has 1 saturated carbocycles. The van der Waals surface area contributed by atoms with Gasteiger partial charge in [-0.25, -0.2) is 4.79 Å². The van der Waals surface area contributed by atoms with Crippen LogP contribution in [0.2, 0.25) is 5.02 Å². The largest absolute Gasteiger partial charge is 0.493 e. The molecule has 122 valence electrons. The maximum atomic E-state index is 10.9. The summed E-state index contributed by atoms with van der Waals surface area (Å²) in [6.07, 6.45) is 4.46. The molecule has 1 aromatic carbocycles. The molecule has 0 unspecified atom stereocenters. The van der Waals surface area contributed by atoms with Crippen LogP contribution in [-0.4, -0.2) is 29.4 Å². The molecule has 1 aliphatic carbocycles. The fourth-order valence-corrected chi connectivity index (χ4v) is 2.92. The molecule has 0 spiro atoms. The number of benzene rings is 1. The number of ether oxygens (including phenoxy) is 2. The molecule has 2 aromatic rings. The Labute approximate surface area is 137 Å². The molecule has 7 heteroatoms. The fraction of sp³-hybridized carbons (Fsp3) is 0.375. The van der Waals surface area contributed by atoms with E-state index in [1.54, 1.807) is 12.1 Å². The van der Waals surface area contributed by atoms with Crippen LogP contribution in [0.5, 0.6) is 11.5 Å². The summed E-state index contributed by atoms with van der Waals surface area (Å²) in [7, 11) is 1.53. The van der Waals surface area contributed by atoms with Gasteiger partial charge in [-0.05, 0) is 37.8 Å². The first kappa shape index (κ1) is 15.7. The first-order chi connectivity index (χ1) is 11.1. The second kappa shape index (κ2) is 6.50. The highest BCUT2D eigenvalue weighted by Crippen LogP contribution is 2.41. The maximum absolute atomic E-state index is 10.9. The fourth-order valence-electron chi connectivity index (χ4n) is 2.66. The molecule has 1 aromatic heterocycles. The lowest BCUT2D eigenvalue weighted by atomic mass is 10.1. The Morgan fingerprint density at radius 3 is 2.70 bits per heavy atom. The highest BCUT2D eigenvalue weighted by Gasteiger charge is 2.22. The molecule has 23 heavy (non-hydrogen) atoms. The number of rotatable bonds is 5. The predicted octanol–water partition coefficient (Wildman–Crippen LogP) is 4.02. The van der Waals surface area contributed by atoms with Crippen molar-refractivity contribution in [3.8, 4) is 22.8 Å². The van der Waals surface area contributed by atoms with Gasteiger partial charge in [0, 0.05) is 11.6 Å². The minimum Gasteiger partial charge on any atom is -0.493 e. The van der Waals surface area contributed by atoms with Crippen molar-refractivity contribution >= 4 is 17.6 Å². The summed E-state index contributed by atoms with van der Waals surface area (Å²) >= 11 is 6.33. The van der Waals surface area contributed by atoms with Crippen molar-refractivity contribution in [2.24, 2.45) is 0 Å². The van der Waals surface area contributed by atoms with Crippen LogP contribution in [-0.2, 0) is 0 Å². The molecule has 0 saturated heterocycles. The van der Waals surface area contributed by atoms with Crippen LogP contribution in [0.1, 0.15) is 36.2 Å². The van der Waals surface area contributed by atoms with Crippen LogP contribution < -0.4 is 9.47 Å². The second-order valence-corrected chi connectivity index (χ2v) is 5.80. The number of carbonyl (C=O) groups is 1. The van der Waals surface area contributed by atoms with E-state index in [4.69, 9.17) is 30.7 Å². The summed E-state index contributed by atoms with van der Waals surface area (Å²) in [6.45, 7) is 0. The Morgan fingerprint density at radius 1 is 1.35 bits per heavy atom. The van der Waals surface area contributed by atoms with Gasteiger partial charge in [-0.1, -0.05) is 16.8 Å². The van der Waals surface area contributed by atoms with Crippen molar-refractivity contribution in [3.05, 3.63) is 28.9 Å². The van der Waals surface area contributed by atoms with Gasteiger partial charge >= 0.3 is 5.97 Å². The molecule has 0 bridgehead atoms. The summed E-state index contributed by atoms with van der Waals surface area (Å²) < 4.78 is 16.4. The van der Waals surface area contributed by atoms with E-state index in [2.05, 4.69) is 5.16 Å². The number of nitrogens with zero attached hydrogens (tertiary/aromatic N) is 1. The summed E-state index contributed by atoms with van der Waals surface area (Å²) in [6, 6.07) is 4.69. The van der Waals surface area contributed by atoms with Crippen LogP contribution in [0.4, 0.5) is 0 Å². The standard InChI is InChI=1S/C16H16ClNO5/c1-21-14-7-9(13-8-12(16(19)20)18-23-13)6-11(17)15(14)22-10-4-2-3-5-10/h6-8,10H,2-5H2,1H3,(H,19,20). The summed E-state index contributed by atoms with van der Waals surface area (Å²) in [5.74, 6) is 0.129. The van der Waals surface area contributed by atoms with Crippen molar-refractivity contribution in [2.75, 3.05) is 7.11 Å². The first-order valence-corrected chi connectivity index (χ1v) is 7.71. The first-order valence-electron chi connectivity index (χ1n) is 7.33. The highest BCUT2D eigenvalue weighted by molar-refractivity contribution is 6.32. The van der Waals surface area contributed by atoms with Crippen LogP contribution >= 0.6 is 11.6 Å². The minimum absolute atomic E-state index is 0.149. The highest BCUT2D eigenvalue weighted by atomic mass is 35.5. The number of hydrogen-bond donors (Lipinski definition) is 1. The van der Waals surface area contributed by atoms with E-state index in [9.17, 15) is 4.79 Å². The molecule has 0 amide bonds. The zero-order chi connectivity index (χ0) is 16.4. The molecule has 1 fully saturated rings. The summed E-state index contributed by atoms with van der Waals surface area (Å²) in [5.41, 5.74) is 0.409. The molecular formula is C16H16ClNO5. The van der Waals surface area contributed by atoms with Crippen molar-refractivity contribution in [1.82, 2.24) is 5.16 Å². The van der Waals surface area contributed by atoms with E-state index in [0.717, 1.165) is 25.7 Å². The lowest BCUT2D eigenvalue weighted by Gasteiger charge is -2.17. The van der Waals surface area contributed by atoms with Gasteiger partial charge in [0.25, 0.3) is 0 Å². The molecule has 6 nitrogen and oxygen atoms in total. The number of halogens is 1. The van der Waals surface area contributed by atoms with Crippen molar-refractivity contribution < 1.29 is 23.9 Å². The predicted molar refractivity (Wildman–Crippen MR) is 83.3 cm³/mol. The second-order valence-electron chi connectivity index (χ2n) is 5.40. The van der Waals surface area contributed by atoms with E-state index in [0.29, 0.717) is 27.8 Å². The van der Waals surface area contributed by atoms with Gasteiger partial charge in [-0.2, -0.15) is 0 Å². The van der Waals surface area contributed by atoms with Gasteiger partial charge in [0.05, 0.1) is 18.2 Å². The van der Waals surface area contributed by atoms with Crippen LogP contribution in [0.25, 0.3) is 11.3 Å². The number of aromatic nitrogens is 1. The van der Waals surface area contributed by atoms with Gasteiger partial charge in [0.15, 0.2) is 23.0 Å². The molecule has 1 heterocycles. The van der Waals surface area contributed by atoms with Gasteiger partial charge in [0.1, 0.15) is 0 Å². The smallest absolute Gasteiger partial charge is 0.358 e. The minimum atomic E-state index is -1.15. The third kappa shape index (κ3) is 3.27. The number of carboxylic acids is 1. The normalized spacial score (nSPS) is 14.9. The lowest BCUT2D eigenvalue weighted by molar-refractivity contribution is 0.0686. The Hall–Kier alpha value is -2.21. The summed E-state index contributed by atoms with van der Waals surface area (Å²) in [5, 5.41) is 12.8. The number of carboxylic acid groups (broad SMARTS) is 1. The van der Waals surface area contributed by atoms with Crippen LogP contribution in [0.15, 0.2) is 22.7 Å². The Kier molecular flexibility index (Phi) is 4.43. The average Bonchev–Trinajstić information content (AvgIpc) is 3.20. The van der Waals surface area contributed by atoms with Crippen molar-refractivity contribution in [2.45, 2.75) is 31.8 Å². The molecule has 3 rings (SSSR count). The molecule has 0 atom stereocenters. The van der Waals surface area contributed by atoms with Gasteiger partial charge < -0.3 is 19.1 Å². The molecule has 1 N–H and O–H groups in total. The third-order valence-electron chi connectivity index (χ3n) is 3.83. The molecule has 0 aliphatic heterocycles. The number of methoxy groups -OCH3 is 1. The Balaban J connectivity index is 1.93. The summed E-state index contributed by atoms with van der Waals surface area (Å²) in [4.78, 5) is 10.9. The van der Waals surface area contributed by atoms with Gasteiger partial charge in [-0.15, -0.1) is 0 Å². The van der Waals surface area contributed by atoms with Gasteiger partial charge in [0.2, 0.25) is 0 Å². The Morgan fingerprint density at radius 2 is 2.09 bits per heavy atom. The van der Waals surface area contributed by atoms with E-state index >= 15 is 0 Å². The molecule has 1 aliphatic rings. The van der Waals surface area contributed by atoms with Crippen LogP contribution in [0.3, 0.4) is 0 Å². The SMILES string of the molecule is COc1cc(-c2cc(C(=O)O)no2)cc(Cl)c1OC1CCCC1. The molecular weight excluding hydrogens is 322 g/mol. The van der Waals surface area contributed by atoms with E-state index in [1.165, 1.54) is 13.2 Å². The maximum Gasteiger partial charge on any atom is 0.358 e. The topological polar surface area (TPSA) is 81.8 Å². The molecule has 0 radical (unpaired) electrons. The average molecular weight is 338 g/mol. The van der Waals surface area contributed by atoms with Gasteiger partial charge in [-0.3, -0.25) is 0 Å². The van der Waals surface area contributed by atoms with Crippen molar-refractivity contribution in [3.63, 3.8) is 0 Å². The monoisotopic (exact) mass is 337 g/mol. The number of hydrogen-bond acceptors (Lipinski definition) is 5. The van der Waals surface area contributed by atoms with E-state index < -0.39 is 5.97 Å². The van der Waals surface area contributed by atoms with Crippen LogP contribution in [0, 0.1) is 0 Å². The zero-order valence-electron chi connectivity index (χ0n) is 12.5.